The zero-order valence-corrected chi connectivity index (χ0v) is 12.4. The molecular formula is C15H22N4O. The number of aliphatic hydroxyl groups is 1. The topological polar surface area (TPSA) is 73.8 Å². The van der Waals surface area contributed by atoms with Gasteiger partial charge in [-0.25, -0.2) is 0 Å². The standard InChI is InChI=1S/C15H22N4O/c1-14(2,15(3,4)20)17-9-12-10-18-19-13(12)11-6-5-7-16-8-11/h5-8,10,17,20H,9H2,1-4H3,(H,18,19). The highest BCUT2D eigenvalue weighted by atomic mass is 16.3. The molecule has 3 N–H and O–H groups in total. The van der Waals surface area contributed by atoms with E-state index in [-0.39, 0.29) is 0 Å². The van der Waals surface area contributed by atoms with Crippen LogP contribution in [0.25, 0.3) is 11.3 Å². The van der Waals surface area contributed by atoms with Crippen molar-refractivity contribution in [3.63, 3.8) is 0 Å². The Morgan fingerprint density at radius 2 is 2.00 bits per heavy atom. The van der Waals surface area contributed by atoms with Gasteiger partial charge in [0.1, 0.15) is 0 Å². The first-order valence-corrected chi connectivity index (χ1v) is 6.71. The summed E-state index contributed by atoms with van der Waals surface area (Å²) in [6, 6.07) is 3.89. The smallest absolute Gasteiger partial charge is 0.0767 e. The third kappa shape index (κ3) is 3.05. The Morgan fingerprint density at radius 1 is 1.25 bits per heavy atom. The van der Waals surface area contributed by atoms with Gasteiger partial charge in [0.05, 0.1) is 17.5 Å². The van der Waals surface area contributed by atoms with Crippen molar-refractivity contribution in [2.75, 3.05) is 0 Å². The minimum atomic E-state index is -0.814. The quantitative estimate of drug-likeness (QED) is 0.780. The molecule has 0 aliphatic carbocycles. The summed E-state index contributed by atoms with van der Waals surface area (Å²) in [5.41, 5.74) is 1.79. The average Bonchev–Trinajstić information content (AvgIpc) is 2.84. The van der Waals surface area contributed by atoms with Gasteiger partial charge in [-0.3, -0.25) is 10.1 Å². The third-order valence-corrected chi connectivity index (χ3v) is 3.92. The number of rotatable bonds is 5. The molecule has 2 rings (SSSR count). The van der Waals surface area contributed by atoms with Gasteiger partial charge in [0.15, 0.2) is 0 Å². The van der Waals surface area contributed by atoms with E-state index in [1.54, 1.807) is 32.4 Å². The number of nitrogens with one attached hydrogen (secondary N) is 2. The molecule has 5 nitrogen and oxygen atoms in total. The normalized spacial score (nSPS) is 12.7. The van der Waals surface area contributed by atoms with Gasteiger partial charge in [0.25, 0.3) is 0 Å². The summed E-state index contributed by atoms with van der Waals surface area (Å²) in [4.78, 5) is 4.12. The van der Waals surface area contributed by atoms with Crippen LogP contribution in [0.2, 0.25) is 0 Å². The van der Waals surface area contributed by atoms with E-state index in [1.165, 1.54) is 0 Å². The van der Waals surface area contributed by atoms with Gasteiger partial charge < -0.3 is 10.4 Å². The van der Waals surface area contributed by atoms with E-state index in [4.69, 9.17) is 0 Å². The first-order chi connectivity index (χ1) is 9.31. The van der Waals surface area contributed by atoms with E-state index in [9.17, 15) is 5.11 Å². The molecule has 0 atom stereocenters. The average molecular weight is 274 g/mol. The largest absolute Gasteiger partial charge is 0.389 e. The summed E-state index contributed by atoms with van der Waals surface area (Å²) in [5.74, 6) is 0. The molecule has 2 aromatic heterocycles. The molecule has 20 heavy (non-hydrogen) atoms. The number of aromatic amines is 1. The zero-order chi connectivity index (χ0) is 14.8. The zero-order valence-electron chi connectivity index (χ0n) is 12.4. The Balaban J connectivity index is 2.15. The van der Waals surface area contributed by atoms with Crippen LogP contribution < -0.4 is 5.32 Å². The van der Waals surface area contributed by atoms with Crippen LogP contribution in [0, 0.1) is 0 Å². The second-order valence-corrected chi connectivity index (χ2v) is 6.05. The minimum absolute atomic E-state index is 0.406. The molecule has 0 saturated heterocycles. The fourth-order valence-electron chi connectivity index (χ4n) is 1.74. The van der Waals surface area contributed by atoms with Crippen molar-refractivity contribution >= 4 is 0 Å². The maximum absolute atomic E-state index is 10.2. The molecule has 5 heteroatoms. The van der Waals surface area contributed by atoms with Gasteiger partial charge in [-0.05, 0) is 39.8 Å². The second-order valence-electron chi connectivity index (χ2n) is 6.05. The van der Waals surface area contributed by atoms with Gasteiger partial charge in [0, 0.05) is 35.6 Å². The minimum Gasteiger partial charge on any atom is -0.389 e. The van der Waals surface area contributed by atoms with E-state index < -0.39 is 11.1 Å². The summed E-state index contributed by atoms with van der Waals surface area (Å²) >= 11 is 0. The Hall–Kier alpha value is -1.72. The van der Waals surface area contributed by atoms with E-state index in [2.05, 4.69) is 20.5 Å². The van der Waals surface area contributed by atoms with Crippen molar-refractivity contribution in [3.05, 3.63) is 36.3 Å². The molecule has 0 saturated carbocycles. The second kappa shape index (κ2) is 5.34. The van der Waals surface area contributed by atoms with Crippen molar-refractivity contribution in [2.45, 2.75) is 45.4 Å². The molecule has 2 aromatic rings. The Bertz CT molecular complexity index is 555. The molecule has 0 radical (unpaired) electrons. The SMILES string of the molecule is CC(C)(O)C(C)(C)NCc1cn[nH]c1-c1cccnc1. The van der Waals surface area contributed by atoms with Crippen molar-refractivity contribution in [1.29, 1.82) is 0 Å². The molecule has 0 aromatic carbocycles. The van der Waals surface area contributed by atoms with Crippen LogP contribution in [0.5, 0.6) is 0 Å². The maximum atomic E-state index is 10.2. The lowest BCUT2D eigenvalue weighted by molar-refractivity contribution is -0.00530. The first kappa shape index (κ1) is 14.7. The van der Waals surface area contributed by atoms with E-state index in [0.29, 0.717) is 6.54 Å². The summed E-state index contributed by atoms with van der Waals surface area (Å²) in [5, 5.41) is 20.7. The Labute approximate surface area is 119 Å². The molecule has 2 heterocycles. The predicted octanol–water partition coefficient (Wildman–Crippen LogP) is 2.11. The van der Waals surface area contributed by atoms with Gasteiger partial charge >= 0.3 is 0 Å². The van der Waals surface area contributed by atoms with Gasteiger partial charge in [-0.2, -0.15) is 5.10 Å². The van der Waals surface area contributed by atoms with Gasteiger partial charge in [0.2, 0.25) is 0 Å². The molecule has 0 aliphatic heterocycles. The maximum Gasteiger partial charge on any atom is 0.0767 e. The first-order valence-electron chi connectivity index (χ1n) is 6.71. The number of H-pyrrole nitrogens is 1. The molecule has 108 valence electrons. The summed E-state index contributed by atoms with van der Waals surface area (Å²) in [7, 11) is 0. The highest BCUT2D eigenvalue weighted by Gasteiger charge is 2.34. The number of pyridine rings is 1. The molecule has 0 fully saturated rings. The molecule has 0 unspecified atom stereocenters. The van der Waals surface area contributed by atoms with E-state index in [1.807, 2.05) is 26.0 Å². The Morgan fingerprint density at radius 3 is 2.60 bits per heavy atom. The lowest BCUT2D eigenvalue weighted by Crippen LogP contribution is -2.55. The van der Waals surface area contributed by atoms with Crippen LogP contribution in [0.15, 0.2) is 30.7 Å². The van der Waals surface area contributed by atoms with Crippen LogP contribution in [-0.2, 0) is 6.54 Å². The molecule has 0 aliphatic rings. The summed E-state index contributed by atoms with van der Waals surface area (Å²) < 4.78 is 0. The highest BCUT2D eigenvalue weighted by Crippen LogP contribution is 2.23. The van der Waals surface area contributed by atoms with Crippen molar-refractivity contribution in [3.8, 4) is 11.3 Å². The van der Waals surface area contributed by atoms with Gasteiger partial charge in [-0.15, -0.1) is 0 Å². The lowest BCUT2D eigenvalue weighted by atomic mass is 9.86. The number of hydrogen-bond acceptors (Lipinski definition) is 4. The summed E-state index contributed by atoms with van der Waals surface area (Å²) in [6.07, 6.45) is 5.35. The number of hydrogen-bond donors (Lipinski definition) is 3. The van der Waals surface area contributed by atoms with Crippen molar-refractivity contribution in [2.24, 2.45) is 0 Å². The Kier molecular flexibility index (Phi) is 3.92. The molecule has 0 amide bonds. The fraction of sp³-hybridized carbons (Fsp3) is 0.467. The van der Waals surface area contributed by atoms with Crippen molar-refractivity contribution < 1.29 is 5.11 Å². The molecule has 0 spiro atoms. The summed E-state index contributed by atoms with van der Waals surface area (Å²) in [6.45, 7) is 8.19. The van der Waals surface area contributed by atoms with Crippen LogP contribution >= 0.6 is 0 Å². The van der Waals surface area contributed by atoms with Crippen LogP contribution in [0.3, 0.4) is 0 Å². The molecular weight excluding hydrogens is 252 g/mol. The number of nitrogens with zero attached hydrogens (tertiary/aromatic N) is 2. The molecule has 0 bridgehead atoms. The lowest BCUT2D eigenvalue weighted by Gasteiger charge is -2.38. The van der Waals surface area contributed by atoms with E-state index >= 15 is 0 Å². The predicted molar refractivity (Wildman–Crippen MR) is 79.0 cm³/mol. The fourth-order valence-corrected chi connectivity index (χ4v) is 1.74. The van der Waals surface area contributed by atoms with Crippen LogP contribution in [-0.4, -0.2) is 31.4 Å². The van der Waals surface area contributed by atoms with Crippen LogP contribution in [0.1, 0.15) is 33.3 Å². The third-order valence-electron chi connectivity index (χ3n) is 3.92. The van der Waals surface area contributed by atoms with Crippen LogP contribution in [0.4, 0.5) is 0 Å². The highest BCUT2D eigenvalue weighted by molar-refractivity contribution is 5.61. The van der Waals surface area contributed by atoms with E-state index in [0.717, 1.165) is 16.8 Å². The number of aromatic nitrogens is 3. The van der Waals surface area contributed by atoms with Gasteiger partial charge in [-0.1, -0.05) is 0 Å². The van der Waals surface area contributed by atoms with Crippen molar-refractivity contribution in [1.82, 2.24) is 20.5 Å². The monoisotopic (exact) mass is 274 g/mol.